The molecule has 0 aliphatic heterocycles. The van der Waals surface area contributed by atoms with E-state index in [0.717, 1.165) is 5.56 Å². The van der Waals surface area contributed by atoms with Crippen molar-refractivity contribution in [3.05, 3.63) is 69.4 Å². The predicted molar refractivity (Wildman–Crippen MR) is 101 cm³/mol. The van der Waals surface area contributed by atoms with Gasteiger partial charge in [-0.15, -0.1) is 0 Å². The fourth-order valence-electron chi connectivity index (χ4n) is 2.42. The van der Waals surface area contributed by atoms with Crippen molar-refractivity contribution in [2.24, 2.45) is 5.92 Å². The number of hydrogen-bond acceptors (Lipinski definition) is 3. The Hall–Kier alpha value is -2.21. The molecule has 1 atom stereocenters. The quantitative estimate of drug-likeness (QED) is 0.703. The lowest BCUT2D eigenvalue weighted by Crippen LogP contribution is -2.45. The van der Waals surface area contributed by atoms with Crippen molar-refractivity contribution >= 4 is 27.8 Å². The summed E-state index contributed by atoms with van der Waals surface area (Å²) in [6.07, 6.45) is 0. The maximum atomic E-state index is 13.1. The first kappa shape index (κ1) is 20.1. The molecule has 2 aromatic carbocycles. The first-order valence-electron chi connectivity index (χ1n) is 8.26. The second kappa shape index (κ2) is 8.94. The van der Waals surface area contributed by atoms with Gasteiger partial charge in [0, 0.05) is 15.6 Å². The smallest absolute Gasteiger partial charge is 0.329 e. The maximum absolute atomic E-state index is 13.1. The van der Waals surface area contributed by atoms with Gasteiger partial charge in [0.2, 0.25) is 0 Å². The van der Waals surface area contributed by atoms with E-state index in [1.807, 2.05) is 32.9 Å². The molecule has 6 heteroatoms. The molecule has 26 heavy (non-hydrogen) atoms. The zero-order valence-corrected chi connectivity index (χ0v) is 16.5. The third-order valence-corrected chi connectivity index (χ3v) is 4.72. The van der Waals surface area contributed by atoms with Crippen LogP contribution in [-0.4, -0.2) is 17.9 Å². The van der Waals surface area contributed by atoms with E-state index in [-0.39, 0.29) is 24.2 Å². The fraction of sp³-hybridized carbons (Fsp3) is 0.300. The van der Waals surface area contributed by atoms with Crippen molar-refractivity contribution < 1.29 is 18.7 Å². The standard InChI is InChI=1S/C20H21BrFNO3/c1-12(2)18(23-19(24)16-7-5-4-6-13(16)3)20(25)26-11-14-8-9-15(22)10-17(14)21/h4-10,12,18H,11H2,1-3H3,(H,23,24)/t18-/m0/s1. The number of nitrogens with one attached hydrogen (secondary N) is 1. The molecule has 2 rings (SSSR count). The number of ether oxygens (including phenoxy) is 1. The Balaban J connectivity index is 2.05. The van der Waals surface area contributed by atoms with Crippen LogP contribution in [0.25, 0.3) is 0 Å². The van der Waals surface area contributed by atoms with Gasteiger partial charge >= 0.3 is 5.97 Å². The van der Waals surface area contributed by atoms with E-state index in [9.17, 15) is 14.0 Å². The third-order valence-electron chi connectivity index (χ3n) is 3.98. The summed E-state index contributed by atoms with van der Waals surface area (Å²) in [4.78, 5) is 24.9. The van der Waals surface area contributed by atoms with Gasteiger partial charge in [0.25, 0.3) is 5.91 Å². The number of hydrogen-bond donors (Lipinski definition) is 1. The van der Waals surface area contributed by atoms with Gasteiger partial charge in [0.05, 0.1) is 0 Å². The molecule has 2 aromatic rings. The first-order chi connectivity index (χ1) is 12.3. The van der Waals surface area contributed by atoms with Gasteiger partial charge in [-0.3, -0.25) is 4.79 Å². The van der Waals surface area contributed by atoms with Gasteiger partial charge in [-0.05, 0) is 36.6 Å². The van der Waals surface area contributed by atoms with E-state index >= 15 is 0 Å². The number of benzene rings is 2. The van der Waals surface area contributed by atoms with Crippen LogP contribution < -0.4 is 5.32 Å². The average Bonchev–Trinajstić information content (AvgIpc) is 2.58. The van der Waals surface area contributed by atoms with E-state index in [0.29, 0.717) is 15.6 Å². The molecule has 0 radical (unpaired) electrons. The largest absolute Gasteiger partial charge is 0.459 e. The van der Waals surface area contributed by atoms with Crippen LogP contribution >= 0.6 is 15.9 Å². The molecule has 1 amide bonds. The second-order valence-electron chi connectivity index (χ2n) is 6.35. The van der Waals surface area contributed by atoms with E-state index in [1.54, 1.807) is 18.2 Å². The fourth-order valence-corrected chi connectivity index (χ4v) is 2.89. The number of amides is 1. The zero-order valence-electron chi connectivity index (χ0n) is 14.9. The molecule has 0 fully saturated rings. The van der Waals surface area contributed by atoms with Crippen LogP contribution in [0.15, 0.2) is 46.9 Å². The number of carbonyl (C=O) groups is 2. The number of carbonyl (C=O) groups excluding carboxylic acids is 2. The third kappa shape index (κ3) is 5.14. The lowest BCUT2D eigenvalue weighted by Gasteiger charge is -2.21. The van der Waals surface area contributed by atoms with Crippen molar-refractivity contribution in [3.63, 3.8) is 0 Å². The summed E-state index contributed by atoms with van der Waals surface area (Å²) < 4.78 is 19.0. The molecule has 0 aromatic heterocycles. The summed E-state index contributed by atoms with van der Waals surface area (Å²) >= 11 is 3.24. The van der Waals surface area contributed by atoms with Crippen LogP contribution in [-0.2, 0) is 16.1 Å². The second-order valence-corrected chi connectivity index (χ2v) is 7.21. The van der Waals surface area contributed by atoms with Gasteiger partial charge in [-0.25, -0.2) is 9.18 Å². The van der Waals surface area contributed by atoms with Gasteiger partial charge < -0.3 is 10.1 Å². The van der Waals surface area contributed by atoms with Crippen LogP contribution in [0, 0.1) is 18.7 Å². The molecule has 0 saturated heterocycles. The number of esters is 1. The summed E-state index contributed by atoms with van der Waals surface area (Å²) in [6, 6.07) is 10.5. The highest BCUT2D eigenvalue weighted by Gasteiger charge is 2.26. The van der Waals surface area contributed by atoms with Gasteiger partial charge in [-0.2, -0.15) is 0 Å². The highest BCUT2D eigenvalue weighted by Crippen LogP contribution is 2.19. The zero-order chi connectivity index (χ0) is 19.3. The Morgan fingerprint density at radius 1 is 1.19 bits per heavy atom. The summed E-state index contributed by atoms with van der Waals surface area (Å²) in [7, 11) is 0. The molecule has 1 N–H and O–H groups in total. The number of aryl methyl sites for hydroxylation is 1. The Morgan fingerprint density at radius 2 is 1.88 bits per heavy atom. The molecular formula is C20H21BrFNO3. The molecule has 0 aliphatic carbocycles. The van der Waals surface area contributed by atoms with Gasteiger partial charge in [-0.1, -0.05) is 54.0 Å². The summed E-state index contributed by atoms with van der Waals surface area (Å²) in [5, 5.41) is 2.75. The van der Waals surface area contributed by atoms with E-state index < -0.39 is 12.0 Å². The number of rotatable bonds is 6. The van der Waals surface area contributed by atoms with Crippen molar-refractivity contribution in [1.29, 1.82) is 0 Å². The summed E-state index contributed by atoms with van der Waals surface area (Å²) in [5.74, 6) is -1.37. The number of halogens is 2. The van der Waals surface area contributed by atoms with E-state index in [1.165, 1.54) is 12.1 Å². The summed E-state index contributed by atoms with van der Waals surface area (Å²) in [6.45, 7) is 5.49. The van der Waals surface area contributed by atoms with Crippen LogP contribution in [0.1, 0.15) is 35.3 Å². The SMILES string of the molecule is Cc1ccccc1C(=O)N[C@H](C(=O)OCc1ccc(F)cc1Br)C(C)C. The monoisotopic (exact) mass is 421 g/mol. The van der Waals surface area contributed by atoms with Crippen LogP contribution in [0.2, 0.25) is 0 Å². The molecule has 0 heterocycles. The highest BCUT2D eigenvalue weighted by atomic mass is 79.9. The molecular weight excluding hydrogens is 401 g/mol. The van der Waals surface area contributed by atoms with Crippen molar-refractivity contribution in [2.45, 2.75) is 33.4 Å². The molecule has 0 saturated carbocycles. The lowest BCUT2D eigenvalue weighted by atomic mass is 10.0. The van der Waals surface area contributed by atoms with Crippen LogP contribution in [0.5, 0.6) is 0 Å². The minimum atomic E-state index is -0.777. The molecule has 4 nitrogen and oxygen atoms in total. The van der Waals surface area contributed by atoms with E-state index in [2.05, 4.69) is 21.2 Å². The molecule has 0 unspecified atom stereocenters. The molecule has 0 bridgehead atoms. The van der Waals surface area contributed by atoms with Crippen LogP contribution in [0.4, 0.5) is 4.39 Å². The van der Waals surface area contributed by atoms with Crippen molar-refractivity contribution in [2.75, 3.05) is 0 Å². The highest BCUT2D eigenvalue weighted by molar-refractivity contribution is 9.10. The maximum Gasteiger partial charge on any atom is 0.329 e. The van der Waals surface area contributed by atoms with Crippen molar-refractivity contribution in [1.82, 2.24) is 5.32 Å². The Bertz CT molecular complexity index is 807. The van der Waals surface area contributed by atoms with Gasteiger partial charge in [0.1, 0.15) is 18.5 Å². The topological polar surface area (TPSA) is 55.4 Å². The van der Waals surface area contributed by atoms with Crippen molar-refractivity contribution in [3.8, 4) is 0 Å². The average molecular weight is 422 g/mol. The first-order valence-corrected chi connectivity index (χ1v) is 9.06. The minimum Gasteiger partial charge on any atom is -0.459 e. The summed E-state index contributed by atoms with van der Waals surface area (Å²) in [5.41, 5.74) is 2.00. The Morgan fingerprint density at radius 3 is 2.50 bits per heavy atom. The van der Waals surface area contributed by atoms with Crippen LogP contribution in [0.3, 0.4) is 0 Å². The molecule has 0 aliphatic rings. The predicted octanol–water partition coefficient (Wildman–Crippen LogP) is 4.39. The Labute approximate surface area is 160 Å². The van der Waals surface area contributed by atoms with Gasteiger partial charge in [0.15, 0.2) is 0 Å². The molecule has 0 spiro atoms. The van der Waals surface area contributed by atoms with E-state index in [4.69, 9.17) is 4.74 Å². The molecule has 138 valence electrons. The Kier molecular flexibility index (Phi) is 6.91. The normalized spacial score (nSPS) is 11.9. The lowest BCUT2D eigenvalue weighted by molar-refractivity contribution is -0.148. The minimum absolute atomic E-state index is 0.0108.